The van der Waals surface area contributed by atoms with Gasteiger partial charge in [-0.2, -0.15) is 15.0 Å². The molecule has 1 fully saturated rings. The summed E-state index contributed by atoms with van der Waals surface area (Å²) in [7, 11) is 1.81. The summed E-state index contributed by atoms with van der Waals surface area (Å²) in [6.45, 7) is 2.25. The largest absolute Gasteiger partial charge is 0.396 e. The quantitative estimate of drug-likeness (QED) is 0.589. The molecule has 100 valence electrons. The fourth-order valence-electron chi connectivity index (χ4n) is 1.81. The van der Waals surface area contributed by atoms with Crippen LogP contribution in [0.1, 0.15) is 19.3 Å². The Kier molecular flexibility index (Phi) is 5.00. The zero-order chi connectivity index (χ0) is 12.8. The molecular weight excluding hydrogens is 250 g/mol. The maximum atomic E-state index is 8.79. The Labute approximate surface area is 111 Å². The van der Waals surface area contributed by atoms with Crippen molar-refractivity contribution in [1.82, 2.24) is 15.0 Å². The van der Waals surface area contributed by atoms with Crippen molar-refractivity contribution in [3.8, 4) is 0 Å². The highest BCUT2D eigenvalue weighted by Gasteiger charge is 2.17. The highest BCUT2D eigenvalue weighted by molar-refractivity contribution is 7.99. The number of aliphatic hydroxyl groups is 1. The summed E-state index contributed by atoms with van der Waals surface area (Å²) in [6.07, 6.45) is 3.16. The number of aliphatic hydroxyl groups excluding tert-OH is 1. The van der Waals surface area contributed by atoms with Crippen LogP contribution in [0, 0.1) is 0 Å². The lowest BCUT2D eigenvalue weighted by Gasteiger charge is -2.16. The van der Waals surface area contributed by atoms with Crippen molar-refractivity contribution in [2.45, 2.75) is 24.4 Å². The predicted octanol–water partition coefficient (Wildman–Crippen LogP) is 0.988. The first-order valence-corrected chi connectivity index (χ1v) is 7.24. The van der Waals surface area contributed by atoms with Gasteiger partial charge in [0.2, 0.25) is 11.9 Å². The molecular formula is C11H19N5OS. The van der Waals surface area contributed by atoms with Gasteiger partial charge in [0, 0.05) is 32.5 Å². The molecule has 18 heavy (non-hydrogen) atoms. The van der Waals surface area contributed by atoms with E-state index in [9.17, 15) is 0 Å². The molecule has 0 atom stereocenters. The lowest BCUT2D eigenvalue weighted by atomic mass is 10.4. The minimum atomic E-state index is 0.204. The monoisotopic (exact) mass is 269 g/mol. The second kappa shape index (κ2) is 6.75. The number of nitrogens with zero attached hydrogens (tertiary/aromatic N) is 4. The Bertz CT molecular complexity index is 384. The van der Waals surface area contributed by atoms with E-state index in [0.717, 1.165) is 36.4 Å². The van der Waals surface area contributed by atoms with Gasteiger partial charge in [-0.05, 0) is 19.3 Å². The van der Waals surface area contributed by atoms with E-state index in [4.69, 9.17) is 5.11 Å². The molecule has 1 aromatic heterocycles. The van der Waals surface area contributed by atoms with E-state index in [0.29, 0.717) is 5.95 Å². The number of nitrogens with one attached hydrogen (secondary N) is 1. The third-order valence-corrected chi connectivity index (χ3v) is 3.68. The predicted molar refractivity (Wildman–Crippen MR) is 73.2 cm³/mol. The SMILES string of the molecule is CNc1nc(SCCCO)nc(N2CCCC2)n1. The van der Waals surface area contributed by atoms with Crippen molar-refractivity contribution < 1.29 is 5.11 Å². The van der Waals surface area contributed by atoms with Gasteiger partial charge in [-0.3, -0.25) is 0 Å². The molecule has 2 N–H and O–H groups in total. The van der Waals surface area contributed by atoms with E-state index in [2.05, 4.69) is 25.2 Å². The molecule has 1 aromatic rings. The summed E-state index contributed by atoms with van der Waals surface area (Å²) in [5.74, 6) is 2.19. The van der Waals surface area contributed by atoms with Gasteiger partial charge < -0.3 is 15.3 Å². The lowest BCUT2D eigenvalue weighted by Crippen LogP contribution is -2.21. The lowest BCUT2D eigenvalue weighted by molar-refractivity contribution is 0.296. The second-order valence-corrected chi connectivity index (χ2v) is 5.17. The smallest absolute Gasteiger partial charge is 0.231 e. The average molecular weight is 269 g/mol. The van der Waals surface area contributed by atoms with Gasteiger partial charge in [-0.25, -0.2) is 0 Å². The van der Waals surface area contributed by atoms with Crippen LogP contribution in [0.25, 0.3) is 0 Å². The minimum Gasteiger partial charge on any atom is -0.396 e. The molecule has 6 nitrogen and oxygen atoms in total. The zero-order valence-corrected chi connectivity index (χ0v) is 11.4. The maximum Gasteiger partial charge on any atom is 0.231 e. The zero-order valence-electron chi connectivity index (χ0n) is 10.6. The Balaban J connectivity index is 2.10. The Hall–Kier alpha value is -1.08. The first kappa shape index (κ1) is 13.4. The molecule has 0 saturated carbocycles. The van der Waals surface area contributed by atoms with Crippen molar-refractivity contribution in [3.05, 3.63) is 0 Å². The Morgan fingerprint density at radius 2 is 2.06 bits per heavy atom. The number of thioether (sulfide) groups is 1. The van der Waals surface area contributed by atoms with Gasteiger partial charge in [-0.1, -0.05) is 11.8 Å². The van der Waals surface area contributed by atoms with E-state index < -0.39 is 0 Å². The summed E-state index contributed by atoms with van der Waals surface area (Å²) >= 11 is 1.56. The molecule has 0 radical (unpaired) electrons. The Morgan fingerprint density at radius 3 is 2.72 bits per heavy atom. The molecule has 2 heterocycles. The fraction of sp³-hybridized carbons (Fsp3) is 0.727. The van der Waals surface area contributed by atoms with Crippen LogP contribution in [-0.2, 0) is 0 Å². The topological polar surface area (TPSA) is 74.2 Å². The van der Waals surface area contributed by atoms with E-state index in [1.54, 1.807) is 11.8 Å². The fourth-order valence-corrected chi connectivity index (χ4v) is 2.56. The average Bonchev–Trinajstić information content (AvgIpc) is 2.92. The van der Waals surface area contributed by atoms with Crippen molar-refractivity contribution in [2.24, 2.45) is 0 Å². The van der Waals surface area contributed by atoms with Crippen molar-refractivity contribution in [1.29, 1.82) is 0 Å². The van der Waals surface area contributed by atoms with Crippen LogP contribution in [0.4, 0.5) is 11.9 Å². The Morgan fingerprint density at radius 1 is 1.28 bits per heavy atom. The van der Waals surface area contributed by atoms with Crippen LogP contribution < -0.4 is 10.2 Å². The van der Waals surface area contributed by atoms with Crippen molar-refractivity contribution in [3.63, 3.8) is 0 Å². The standard InChI is InChI=1S/C11H19N5OS/c1-12-9-13-10(16-5-2-3-6-16)15-11(14-9)18-8-4-7-17/h17H,2-8H2,1H3,(H,12,13,14,15). The van der Waals surface area contributed by atoms with Gasteiger partial charge in [0.1, 0.15) is 0 Å². The summed E-state index contributed by atoms with van der Waals surface area (Å²) < 4.78 is 0. The molecule has 2 rings (SSSR count). The second-order valence-electron chi connectivity index (χ2n) is 4.11. The van der Waals surface area contributed by atoms with Crippen LogP contribution in [0.5, 0.6) is 0 Å². The van der Waals surface area contributed by atoms with E-state index in [-0.39, 0.29) is 6.61 Å². The highest BCUT2D eigenvalue weighted by Crippen LogP contribution is 2.21. The van der Waals surface area contributed by atoms with Gasteiger partial charge in [0.15, 0.2) is 5.16 Å². The summed E-state index contributed by atoms with van der Waals surface area (Å²) in [5, 5.41) is 12.5. The van der Waals surface area contributed by atoms with Crippen molar-refractivity contribution in [2.75, 3.05) is 42.7 Å². The van der Waals surface area contributed by atoms with Gasteiger partial charge in [-0.15, -0.1) is 0 Å². The highest BCUT2D eigenvalue weighted by atomic mass is 32.2. The van der Waals surface area contributed by atoms with E-state index >= 15 is 0 Å². The molecule has 0 spiro atoms. The van der Waals surface area contributed by atoms with Crippen LogP contribution in [0.15, 0.2) is 5.16 Å². The number of hydrogen-bond acceptors (Lipinski definition) is 7. The molecule has 0 aromatic carbocycles. The third-order valence-electron chi connectivity index (χ3n) is 2.75. The molecule has 1 aliphatic rings. The number of rotatable bonds is 6. The van der Waals surface area contributed by atoms with Crippen LogP contribution in [0.3, 0.4) is 0 Å². The first-order chi connectivity index (χ1) is 8.83. The van der Waals surface area contributed by atoms with Crippen LogP contribution in [0.2, 0.25) is 0 Å². The maximum absolute atomic E-state index is 8.79. The summed E-state index contributed by atoms with van der Waals surface area (Å²) in [4.78, 5) is 15.4. The molecule has 0 amide bonds. The molecule has 0 unspecified atom stereocenters. The van der Waals surface area contributed by atoms with Gasteiger partial charge >= 0.3 is 0 Å². The van der Waals surface area contributed by atoms with Crippen LogP contribution in [-0.4, -0.2) is 52.6 Å². The molecule has 7 heteroatoms. The number of hydrogen-bond donors (Lipinski definition) is 2. The molecule has 1 aliphatic heterocycles. The van der Waals surface area contributed by atoms with Gasteiger partial charge in [0.05, 0.1) is 0 Å². The number of anilines is 2. The molecule has 0 aliphatic carbocycles. The molecule has 0 bridgehead atoms. The van der Waals surface area contributed by atoms with Crippen LogP contribution >= 0.6 is 11.8 Å². The van der Waals surface area contributed by atoms with E-state index in [1.165, 1.54) is 12.8 Å². The summed E-state index contributed by atoms with van der Waals surface area (Å²) in [6, 6.07) is 0. The minimum absolute atomic E-state index is 0.204. The third kappa shape index (κ3) is 3.46. The van der Waals surface area contributed by atoms with Crippen molar-refractivity contribution >= 4 is 23.7 Å². The van der Waals surface area contributed by atoms with E-state index in [1.807, 2.05) is 7.05 Å². The normalized spacial score (nSPS) is 15.1. The van der Waals surface area contributed by atoms with Gasteiger partial charge in [0.25, 0.3) is 0 Å². The number of aromatic nitrogens is 3. The first-order valence-electron chi connectivity index (χ1n) is 6.26. The summed E-state index contributed by atoms with van der Waals surface area (Å²) in [5.41, 5.74) is 0. The molecule has 1 saturated heterocycles.